The van der Waals surface area contributed by atoms with Crippen LogP contribution >= 0.6 is 11.3 Å². The van der Waals surface area contributed by atoms with Crippen LogP contribution in [0.5, 0.6) is 11.5 Å². The van der Waals surface area contributed by atoms with E-state index in [2.05, 4.69) is 82.5 Å². The number of amides is 1. The van der Waals surface area contributed by atoms with Crippen molar-refractivity contribution in [3.8, 4) is 22.1 Å². The number of methoxy groups -OCH3 is 1. The largest absolute Gasteiger partial charge is 0.573 e. The van der Waals surface area contributed by atoms with Crippen LogP contribution in [0.15, 0.2) is 161 Å². The molecule has 1 aromatic heterocycles. The molecule has 0 saturated heterocycles. The van der Waals surface area contributed by atoms with Crippen molar-refractivity contribution in [2.24, 2.45) is 0 Å². The predicted octanol–water partition coefficient (Wildman–Crippen LogP) is 10.7. The maximum atomic E-state index is 12.6. The number of carbonyl (C=O) groups is 1. The number of ether oxygens (including phenoxy) is 2. The second-order valence-electron chi connectivity index (χ2n) is 19.5. The summed E-state index contributed by atoms with van der Waals surface area (Å²) in [5.74, 6) is 0.203. The molecule has 3 atom stereocenters. The van der Waals surface area contributed by atoms with Gasteiger partial charge >= 0.3 is 12.5 Å². The summed E-state index contributed by atoms with van der Waals surface area (Å²) in [4.78, 5) is 23.4. The molecule has 3 N–H and O–H groups in total. The molecule has 0 aliphatic carbocycles. The lowest BCUT2D eigenvalue weighted by molar-refractivity contribution is -0.274. The van der Waals surface area contributed by atoms with Crippen molar-refractivity contribution >= 4 is 54.4 Å². The van der Waals surface area contributed by atoms with Crippen LogP contribution in [0.1, 0.15) is 53.5 Å². The van der Waals surface area contributed by atoms with Gasteiger partial charge in [-0.1, -0.05) is 54.6 Å². The first-order valence-corrected chi connectivity index (χ1v) is 29.8. The minimum Gasteiger partial charge on any atom is -0.497 e. The molecule has 4 heterocycles. The molecule has 0 fully saturated rings. The van der Waals surface area contributed by atoms with Crippen LogP contribution in [0, 0.1) is 0 Å². The molecule has 0 spiro atoms. The molecule has 3 aliphatic rings. The Labute approximate surface area is 471 Å². The molecular formula is C58H61F6N7O7S3. The number of hydrogen-bond donors (Lipinski definition) is 3. The van der Waals surface area contributed by atoms with Crippen molar-refractivity contribution < 1.29 is 57.4 Å². The SMILES string of the molecule is CC(CNS(=O)(=O)c1ccc(C(F)(F)F)cc1)N1CCc2ccccc21.CC(CNS(=O)(=O)c1ccc(OC(F)(F)F)cc1)N1CCc2ccccc21.COc1ccc(-c2nc(C(=O)NCC(C)N3CCc4ccccc43)cs2)cc1. The van der Waals surface area contributed by atoms with Gasteiger partial charge < -0.3 is 29.5 Å². The average Bonchev–Trinajstić information content (AvgIpc) is 4.30. The van der Waals surface area contributed by atoms with Gasteiger partial charge in [-0.3, -0.25) is 4.79 Å². The number of hydrogen-bond acceptors (Lipinski definition) is 12. The summed E-state index contributed by atoms with van der Waals surface area (Å²) < 4.78 is 138. The molecule has 3 unspecified atom stereocenters. The van der Waals surface area contributed by atoms with Crippen LogP contribution in [-0.2, 0) is 45.5 Å². The quantitative estimate of drug-likeness (QED) is 0.0744. The number of anilines is 3. The van der Waals surface area contributed by atoms with Gasteiger partial charge in [0.1, 0.15) is 22.2 Å². The second-order valence-corrected chi connectivity index (χ2v) is 23.9. The Morgan fingerprint density at radius 3 is 1.41 bits per heavy atom. The Morgan fingerprint density at radius 2 is 0.988 bits per heavy atom. The van der Waals surface area contributed by atoms with Crippen LogP contribution in [0.25, 0.3) is 10.6 Å². The van der Waals surface area contributed by atoms with Gasteiger partial charge in [0, 0.05) is 85.4 Å². The second kappa shape index (κ2) is 25.7. The Kier molecular flexibility index (Phi) is 19.0. The summed E-state index contributed by atoms with van der Waals surface area (Å²) >= 11 is 1.47. The van der Waals surface area contributed by atoms with Crippen LogP contribution in [0.3, 0.4) is 0 Å². The van der Waals surface area contributed by atoms with E-state index in [1.54, 1.807) is 7.11 Å². The predicted molar refractivity (Wildman–Crippen MR) is 302 cm³/mol. The third kappa shape index (κ3) is 15.4. The molecule has 7 aromatic rings. The summed E-state index contributed by atoms with van der Waals surface area (Å²) in [5, 5.41) is 5.67. The van der Waals surface area contributed by atoms with Gasteiger partial charge in [-0.2, -0.15) is 13.2 Å². The number of sulfonamides is 2. The first-order chi connectivity index (χ1) is 38.5. The van der Waals surface area contributed by atoms with Crippen molar-refractivity contribution in [3.63, 3.8) is 0 Å². The number of nitrogens with one attached hydrogen (secondary N) is 3. The van der Waals surface area contributed by atoms with E-state index in [0.717, 1.165) is 115 Å². The summed E-state index contributed by atoms with van der Waals surface area (Å²) in [6.45, 7) is 9.52. The van der Waals surface area contributed by atoms with Gasteiger partial charge in [-0.25, -0.2) is 31.3 Å². The van der Waals surface area contributed by atoms with Gasteiger partial charge in [0.25, 0.3) is 5.91 Å². The Balaban J connectivity index is 0.000000159. The van der Waals surface area contributed by atoms with E-state index in [-0.39, 0.29) is 46.9 Å². The van der Waals surface area contributed by atoms with E-state index in [9.17, 15) is 48.0 Å². The molecule has 10 rings (SSSR count). The fraction of sp³-hybridized carbons (Fsp3) is 0.310. The monoisotopic (exact) mass is 1180 g/mol. The highest BCUT2D eigenvalue weighted by molar-refractivity contribution is 7.89. The first kappa shape index (κ1) is 59.9. The zero-order valence-corrected chi connectivity index (χ0v) is 47.1. The molecule has 3 aliphatic heterocycles. The zero-order chi connectivity index (χ0) is 58.1. The van der Waals surface area contributed by atoms with Crippen molar-refractivity contribution in [2.45, 2.75) is 80.5 Å². The minimum atomic E-state index is -4.82. The number of nitrogens with zero attached hydrogens (tertiary/aromatic N) is 4. The number of carbonyl (C=O) groups excluding carboxylic acids is 1. The lowest BCUT2D eigenvalue weighted by Crippen LogP contribution is -2.41. The number of rotatable bonds is 17. The average molecular weight is 1180 g/mol. The molecule has 23 heteroatoms. The van der Waals surface area contributed by atoms with Crippen LogP contribution in [0.4, 0.5) is 43.4 Å². The zero-order valence-electron chi connectivity index (χ0n) is 44.7. The highest BCUT2D eigenvalue weighted by Crippen LogP contribution is 2.34. The van der Waals surface area contributed by atoms with E-state index in [1.807, 2.05) is 79.9 Å². The van der Waals surface area contributed by atoms with Crippen LogP contribution in [-0.4, -0.2) is 98.6 Å². The standard InChI is InChI=1S/C22H23N3O2S.C18H19F3N2O3S.C18H19F3N2O2S/c1-15(25-12-11-16-5-3-4-6-20(16)25)13-23-21(26)19-14-28-22(24-19)17-7-9-18(27-2)10-8-17;1-13(23-11-10-14-4-2-3-5-17(14)23)12-22-27(24,25)16-8-6-15(7-9-16)26-18(19,20)21;1-13(23-11-10-14-4-2-3-5-17(14)23)12-22-26(24,25)16-8-6-15(7-9-16)18(19,20)21/h3-10,14-15H,11-13H2,1-2H3,(H,23,26);2-9,13,22H,10-12H2,1H3;2-9,13,22H,10-12H2,1H3. The molecule has 1 amide bonds. The Bertz CT molecular complexity index is 3480. The van der Waals surface area contributed by atoms with Gasteiger partial charge in [0.05, 0.1) is 22.5 Å². The molecule has 81 heavy (non-hydrogen) atoms. The van der Waals surface area contributed by atoms with E-state index >= 15 is 0 Å². The number of thiazole rings is 1. The molecule has 430 valence electrons. The Hall–Kier alpha value is -7.18. The van der Waals surface area contributed by atoms with Gasteiger partial charge in [-0.15, -0.1) is 24.5 Å². The number of halogens is 6. The summed E-state index contributed by atoms with van der Waals surface area (Å²) in [7, 11) is -6.06. The van der Waals surface area contributed by atoms with Crippen molar-refractivity contribution in [1.29, 1.82) is 0 Å². The third-order valence-corrected chi connectivity index (χ3v) is 17.8. The van der Waals surface area contributed by atoms with Crippen molar-refractivity contribution in [3.05, 3.63) is 179 Å². The van der Waals surface area contributed by atoms with Crippen molar-refractivity contribution in [2.75, 3.05) is 61.1 Å². The normalized spacial score (nSPS) is 15.0. The van der Waals surface area contributed by atoms with E-state index < -0.39 is 43.9 Å². The van der Waals surface area contributed by atoms with Gasteiger partial charge in [0.2, 0.25) is 20.0 Å². The van der Waals surface area contributed by atoms with E-state index in [4.69, 9.17) is 4.74 Å². The number of benzene rings is 6. The summed E-state index contributed by atoms with van der Waals surface area (Å²) in [6, 6.07) is 39.8. The van der Waals surface area contributed by atoms with Crippen LogP contribution in [0.2, 0.25) is 0 Å². The highest BCUT2D eigenvalue weighted by Gasteiger charge is 2.33. The molecule has 0 saturated carbocycles. The molecule has 0 bridgehead atoms. The maximum Gasteiger partial charge on any atom is 0.573 e. The molecule has 14 nitrogen and oxygen atoms in total. The third-order valence-electron chi connectivity index (χ3n) is 14.0. The maximum absolute atomic E-state index is 12.6. The number of fused-ring (bicyclic) bond motifs is 3. The molecule has 6 aromatic carbocycles. The summed E-state index contributed by atoms with van der Waals surface area (Å²) in [5.41, 5.74) is 7.86. The fourth-order valence-electron chi connectivity index (χ4n) is 9.64. The first-order valence-electron chi connectivity index (χ1n) is 25.9. The number of alkyl halides is 6. The van der Waals surface area contributed by atoms with Gasteiger partial charge in [0.15, 0.2) is 0 Å². The molecule has 0 radical (unpaired) electrons. The topological polar surface area (TPSA) is 163 Å². The van der Waals surface area contributed by atoms with E-state index in [0.29, 0.717) is 12.2 Å². The summed E-state index contributed by atoms with van der Waals surface area (Å²) in [6.07, 6.45) is -6.43. The lowest BCUT2D eigenvalue weighted by Gasteiger charge is -2.27. The minimum absolute atomic E-state index is 0.0729. The smallest absolute Gasteiger partial charge is 0.497 e. The van der Waals surface area contributed by atoms with Crippen LogP contribution < -0.4 is 38.9 Å². The number of para-hydroxylation sites is 3. The molecular weight excluding hydrogens is 1120 g/mol. The van der Waals surface area contributed by atoms with Gasteiger partial charge in [-0.05, 0) is 148 Å². The lowest BCUT2D eigenvalue weighted by atomic mass is 10.2. The highest BCUT2D eigenvalue weighted by atomic mass is 32.2. The fourth-order valence-corrected chi connectivity index (χ4v) is 12.7. The number of aromatic nitrogens is 1. The van der Waals surface area contributed by atoms with E-state index in [1.165, 1.54) is 33.7 Å². The Morgan fingerprint density at radius 1 is 0.580 bits per heavy atom. The van der Waals surface area contributed by atoms with Crippen molar-refractivity contribution in [1.82, 2.24) is 19.7 Å².